The molecule has 5 nitrogen and oxygen atoms in total. The SMILES string of the molecule is CCN(Cc1ccc(C(=O)N(C)C)cc1)C(=O)c1ccc(-n2c(C)ccc2C)cc1. The molecule has 1 aromatic heterocycles. The summed E-state index contributed by atoms with van der Waals surface area (Å²) < 4.78 is 2.17. The van der Waals surface area contributed by atoms with Gasteiger partial charge in [-0.05, 0) is 74.9 Å². The molecule has 0 aliphatic carbocycles. The zero-order valence-electron chi connectivity index (χ0n) is 18.3. The summed E-state index contributed by atoms with van der Waals surface area (Å²) >= 11 is 0. The van der Waals surface area contributed by atoms with Crippen molar-refractivity contribution in [2.24, 2.45) is 0 Å². The summed E-state index contributed by atoms with van der Waals surface area (Å²) in [5.41, 5.74) is 5.69. The first-order valence-electron chi connectivity index (χ1n) is 10.2. The fourth-order valence-corrected chi connectivity index (χ4v) is 3.57. The molecular weight excluding hydrogens is 374 g/mol. The summed E-state index contributed by atoms with van der Waals surface area (Å²) in [6, 6.07) is 19.4. The fourth-order valence-electron chi connectivity index (χ4n) is 3.57. The standard InChI is InChI=1S/C25H29N3O2/c1-6-27(17-20-9-11-21(12-10-20)24(29)26(4)5)25(30)22-13-15-23(16-14-22)28-18(2)7-8-19(28)3/h7-16H,6,17H2,1-5H3. The van der Waals surface area contributed by atoms with Crippen molar-refractivity contribution in [3.63, 3.8) is 0 Å². The molecule has 0 fully saturated rings. The van der Waals surface area contributed by atoms with Crippen LogP contribution in [-0.2, 0) is 6.54 Å². The molecule has 0 unspecified atom stereocenters. The van der Waals surface area contributed by atoms with Crippen LogP contribution in [0, 0.1) is 13.8 Å². The Hall–Kier alpha value is -3.34. The van der Waals surface area contributed by atoms with Gasteiger partial charge in [0.25, 0.3) is 11.8 Å². The highest BCUT2D eigenvalue weighted by atomic mass is 16.2. The van der Waals surface area contributed by atoms with E-state index >= 15 is 0 Å². The third-order valence-corrected chi connectivity index (χ3v) is 5.29. The van der Waals surface area contributed by atoms with Crippen molar-refractivity contribution in [1.82, 2.24) is 14.4 Å². The van der Waals surface area contributed by atoms with Crippen LogP contribution >= 0.6 is 0 Å². The minimum absolute atomic E-state index is 0.00144. The molecule has 0 atom stereocenters. The van der Waals surface area contributed by atoms with Gasteiger partial charge in [-0.15, -0.1) is 0 Å². The van der Waals surface area contributed by atoms with Crippen molar-refractivity contribution >= 4 is 11.8 Å². The van der Waals surface area contributed by atoms with E-state index in [0.717, 1.165) is 22.6 Å². The van der Waals surface area contributed by atoms with Crippen LogP contribution in [0.5, 0.6) is 0 Å². The van der Waals surface area contributed by atoms with Gasteiger partial charge in [0.15, 0.2) is 0 Å². The largest absolute Gasteiger partial charge is 0.345 e. The van der Waals surface area contributed by atoms with Gasteiger partial charge in [-0.2, -0.15) is 0 Å². The second-order valence-electron chi connectivity index (χ2n) is 7.71. The van der Waals surface area contributed by atoms with Crippen LogP contribution in [0.25, 0.3) is 5.69 Å². The van der Waals surface area contributed by atoms with E-state index in [4.69, 9.17) is 0 Å². The molecule has 0 N–H and O–H groups in total. The van der Waals surface area contributed by atoms with Crippen LogP contribution in [0.1, 0.15) is 44.6 Å². The van der Waals surface area contributed by atoms with Gasteiger partial charge in [0.05, 0.1) is 0 Å². The maximum Gasteiger partial charge on any atom is 0.254 e. The number of aromatic nitrogens is 1. The van der Waals surface area contributed by atoms with E-state index in [0.29, 0.717) is 24.2 Å². The van der Waals surface area contributed by atoms with Gasteiger partial charge in [-0.25, -0.2) is 0 Å². The molecule has 0 aliphatic rings. The van der Waals surface area contributed by atoms with Crippen LogP contribution < -0.4 is 0 Å². The number of aryl methyl sites for hydroxylation is 2. The number of benzene rings is 2. The third-order valence-electron chi connectivity index (χ3n) is 5.29. The maximum atomic E-state index is 13.0. The van der Waals surface area contributed by atoms with Gasteiger partial charge in [-0.3, -0.25) is 9.59 Å². The Labute approximate surface area is 178 Å². The lowest BCUT2D eigenvalue weighted by atomic mass is 10.1. The normalized spacial score (nSPS) is 10.7. The summed E-state index contributed by atoms with van der Waals surface area (Å²) in [5, 5.41) is 0. The lowest BCUT2D eigenvalue weighted by molar-refractivity contribution is 0.0751. The van der Waals surface area contributed by atoms with Crippen molar-refractivity contribution in [2.45, 2.75) is 27.3 Å². The molecule has 3 aromatic rings. The molecule has 0 radical (unpaired) electrons. The van der Waals surface area contributed by atoms with Gasteiger partial charge in [0, 0.05) is 55.4 Å². The minimum atomic E-state index is -0.0294. The Kier molecular flexibility index (Phi) is 6.40. The van der Waals surface area contributed by atoms with E-state index < -0.39 is 0 Å². The monoisotopic (exact) mass is 403 g/mol. The average molecular weight is 404 g/mol. The Morgan fingerprint density at radius 3 is 1.77 bits per heavy atom. The van der Waals surface area contributed by atoms with Crippen molar-refractivity contribution < 1.29 is 9.59 Å². The molecule has 0 bridgehead atoms. The molecule has 30 heavy (non-hydrogen) atoms. The summed E-state index contributed by atoms with van der Waals surface area (Å²) in [4.78, 5) is 28.4. The van der Waals surface area contributed by atoms with Gasteiger partial charge >= 0.3 is 0 Å². The van der Waals surface area contributed by atoms with E-state index in [1.807, 2.05) is 60.4 Å². The Bertz CT molecular complexity index is 1010. The smallest absolute Gasteiger partial charge is 0.254 e. The highest BCUT2D eigenvalue weighted by Gasteiger charge is 2.16. The van der Waals surface area contributed by atoms with Crippen LogP contribution in [-0.4, -0.2) is 46.8 Å². The zero-order valence-corrected chi connectivity index (χ0v) is 18.3. The number of amides is 2. The van der Waals surface area contributed by atoms with E-state index in [1.165, 1.54) is 0 Å². The lowest BCUT2D eigenvalue weighted by Crippen LogP contribution is -2.30. The quantitative estimate of drug-likeness (QED) is 0.610. The van der Waals surface area contributed by atoms with Crippen LogP contribution in [0.3, 0.4) is 0 Å². The molecule has 2 aromatic carbocycles. The molecule has 2 amide bonds. The first-order chi connectivity index (χ1) is 14.3. The molecule has 0 saturated heterocycles. The molecule has 3 rings (SSSR count). The zero-order chi connectivity index (χ0) is 21.8. The second-order valence-corrected chi connectivity index (χ2v) is 7.71. The predicted octanol–water partition coefficient (Wildman–Crippen LogP) is 4.46. The van der Waals surface area contributed by atoms with Gasteiger partial charge in [0.1, 0.15) is 0 Å². The minimum Gasteiger partial charge on any atom is -0.345 e. The number of carbonyl (C=O) groups is 2. The van der Waals surface area contributed by atoms with Gasteiger partial charge in [-0.1, -0.05) is 12.1 Å². The number of hydrogen-bond donors (Lipinski definition) is 0. The number of hydrogen-bond acceptors (Lipinski definition) is 2. The Morgan fingerprint density at radius 2 is 1.27 bits per heavy atom. The number of rotatable bonds is 6. The summed E-state index contributed by atoms with van der Waals surface area (Å²) in [7, 11) is 3.47. The van der Waals surface area contributed by atoms with Crippen LogP contribution in [0.2, 0.25) is 0 Å². The highest BCUT2D eigenvalue weighted by molar-refractivity contribution is 5.95. The number of carbonyl (C=O) groups excluding carboxylic acids is 2. The fraction of sp³-hybridized carbons (Fsp3) is 0.280. The van der Waals surface area contributed by atoms with Crippen molar-refractivity contribution in [1.29, 1.82) is 0 Å². The molecule has 5 heteroatoms. The van der Waals surface area contributed by atoms with Crippen molar-refractivity contribution in [3.8, 4) is 5.69 Å². The van der Waals surface area contributed by atoms with E-state index in [-0.39, 0.29) is 11.8 Å². The van der Waals surface area contributed by atoms with Crippen molar-refractivity contribution in [2.75, 3.05) is 20.6 Å². The van der Waals surface area contributed by atoms with Crippen LogP contribution in [0.15, 0.2) is 60.7 Å². The molecule has 1 heterocycles. The highest BCUT2D eigenvalue weighted by Crippen LogP contribution is 2.18. The topological polar surface area (TPSA) is 45.6 Å². The molecule has 0 spiro atoms. The van der Waals surface area contributed by atoms with Gasteiger partial charge < -0.3 is 14.4 Å². The Morgan fingerprint density at radius 1 is 0.767 bits per heavy atom. The number of nitrogens with zero attached hydrogens (tertiary/aromatic N) is 3. The maximum absolute atomic E-state index is 13.0. The first-order valence-corrected chi connectivity index (χ1v) is 10.2. The lowest BCUT2D eigenvalue weighted by Gasteiger charge is -2.21. The van der Waals surface area contributed by atoms with E-state index in [2.05, 4.69) is 30.5 Å². The summed E-state index contributed by atoms with van der Waals surface area (Å²) in [6.45, 7) is 7.23. The predicted molar refractivity (Wildman–Crippen MR) is 120 cm³/mol. The average Bonchev–Trinajstić information content (AvgIpc) is 3.09. The molecule has 0 aliphatic heterocycles. The first kappa shape index (κ1) is 21.4. The third kappa shape index (κ3) is 4.46. The van der Waals surface area contributed by atoms with Crippen molar-refractivity contribution in [3.05, 3.63) is 88.7 Å². The Balaban J connectivity index is 1.74. The molecule has 156 valence electrons. The second kappa shape index (κ2) is 8.99. The molecular formula is C25H29N3O2. The van der Waals surface area contributed by atoms with E-state index in [1.54, 1.807) is 19.0 Å². The molecule has 0 saturated carbocycles. The van der Waals surface area contributed by atoms with E-state index in [9.17, 15) is 9.59 Å². The summed E-state index contributed by atoms with van der Waals surface area (Å²) in [6.07, 6.45) is 0. The van der Waals surface area contributed by atoms with Gasteiger partial charge in [0.2, 0.25) is 0 Å². The summed E-state index contributed by atoms with van der Waals surface area (Å²) in [5.74, 6) is -0.0309. The van der Waals surface area contributed by atoms with Crippen LogP contribution in [0.4, 0.5) is 0 Å².